The number of rotatable bonds is 4. The van der Waals surface area contributed by atoms with Gasteiger partial charge in [-0.1, -0.05) is 12.1 Å². The Hall–Kier alpha value is -2.34. The van der Waals surface area contributed by atoms with Gasteiger partial charge in [-0.25, -0.2) is 0 Å². The molecule has 1 aromatic heterocycles. The molecule has 0 radical (unpaired) electrons. The van der Waals surface area contributed by atoms with Crippen molar-refractivity contribution in [2.45, 2.75) is 12.8 Å². The van der Waals surface area contributed by atoms with Crippen LogP contribution in [0.15, 0.2) is 41.8 Å². The zero-order valence-electron chi connectivity index (χ0n) is 13.5. The summed E-state index contributed by atoms with van der Waals surface area (Å²) in [7, 11) is 1.59. The van der Waals surface area contributed by atoms with Crippen molar-refractivity contribution in [3.8, 4) is 5.75 Å². The van der Waals surface area contributed by atoms with Crippen molar-refractivity contribution in [2.75, 3.05) is 25.5 Å². The van der Waals surface area contributed by atoms with Crippen molar-refractivity contribution in [1.29, 1.82) is 0 Å². The molecule has 126 valence electrons. The van der Waals surface area contributed by atoms with E-state index in [2.05, 4.69) is 5.32 Å². The second-order valence-electron chi connectivity index (χ2n) is 5.79. The molecule has 0 bridgehead atoms. The zero-order valence-corrected chi connectivity index (χ0v) is 14.3. The minimum atomic E-state index is -0.186. The van der Waals surface area contributed by atoms with Crippen LogP contribution in [0.25, 0.3) is 0 Å². The van der Waals surface area contributed by atoms with Crippen LogP contribution in [0.1, 0.15) is 22.5 Å². The number of hydrogen-bond acceptors (Lipinski definition) is 4. The molecule has 1 saturated heterocycles. The topological polar surface area (TPSA) is 58.6 Å². The second-order valence-corrected chi connectivity index (χ2v) is 6.74. The molecule has 0 spiro atoms. The third-order valence-corrected chi connectivity index (χ3v) is 5.01. The summed E-state index contributed by atoms with van der Waals surface area (Å²) in [5, 5.41) is 4.82. The standard InChI is InChI=1S/C18H20N2O3S/c1-23-15-7-2-6-14(11-15)19-17(21)13-5-3-9-20(12-13)18(22)16-8-4-10-24-16/h2,4,6-8,10-11,13H,3,5,9,12H2,1H3,(H,19,21)/t13-/m0/s1. The van der Waals surface area contributed by atoms with E-state index in [0.717, 1.165) is 17.7 Å². The molecule has 1 aliphatic rings. The van der Waals surface area contributed by atoms with Crippen LogP contribution >= 0.6 is 11.3 Å². The summed E-state index contributed by atoms with van der Waals surface area (Å²) in [4.78, 5) is 27.5. The molecule has 2 aromatic rings. The molecule has 1 aliphatic heterocycles. The molecule has 1 aromatic carbocycles. The second kappa shape index (κ2) is 7.49. The lowest BCUT2D eigenvalue weighted by Gasteiger charge is -2.31. The largest absolute Gasteiger partial charge is 0.497 e. The Morgan fingerprint density at radius 2 is 2.17 bits per heavy atom. The third-order valence-electron chi connectivity index (χ3n) is 4.15. The van der Waals surface area contributed by atoms with Gasteiger partial charge in [0, 0.05) is 24.8 Å². The van der Waals surface area contributed by atoms with Gasteiger partial charge in [0.15, 0.2) is 0 Å². The number of likely N-dealkylation sites (tertiary alicyclic amines) is 1. The summed E-state index contributed by atoms with van der Waals surface area (Å²) in [6.45, 7) is 1.17. The Labute approximate surface area is 145 Å². The molecule has 5 nitrogen and oxygen atoms in total. The average molecular weight is 344 g/mol. The molecule has 2 heterocycles. The summed E-state index contributed by atoms with van der Waals surface area (Å²) < 4.78 is 5.17. The quantitative estimate of drug-likeness (QED) is 0.926. The molecule has 0 aliphatic carbocycles. The van der Waals surface area contributed by atoms with E-state index in [0.29, 0.717) is 24.5 Å². The van der Waals surface area contributed by atoms with Crippen LogP contribution in [-0.2, 0) is 4.79 Å². The van der Waals surface area contributed by atoms with Crippen LogP contribution in [0.2, 0.25) is 0 Å². The number of benzene rings is 1. The van der Waals surface area contributed by atoms with Crippen molar-refractivity contribution in [2.24, 2.45) is 5.92 Å². The van der Waals surface area contributed by atoms with Crippen molar-refractivity contribution in [3.05, 3.63) is 46.7 Å². The highest BCUT2D eigenvalue weighted by molar-refractivity contribution is 7.12. The number of carbonyl (C=O) groups excluding carboxylic acids is 2. The van der Waals surface area contributed by atoms with E-state index in [-0.39, 0.29) is 17.7 Å². The fraction of sp³-hybridized carbons (Fsp3) is 0.333. The summed E-state index contributed by atoms with van der Waals surface area (Å²) in [6, 6.07) is 11.0. The van der Waals surface area contributed by atoms with Crippen LogP contribution in [0.4, 0.5) is 5.69 Å². The maximum absolute atomic E-state index is 12.5. The molecule has 0 saturated carbocycles. The van der Waals surface area contributed by atoms with Gasteiger partial charge in [0.25, 0.3) is 5.91 Å². The summed E-state index contributed by atoms with van der Waals surface area (Å²) in [6.07, 6.45) is 1.64. The van der Waals surface area contributed by atoms with Crippen LogP contribution in [0.5, 0.6) is 5.75 Å². The summed E-state index contributed by atoms with van der Waals surface area (Å²) in [5.41, 5.74) is 0.709. The minimum Gasteiger partial charge on any atom is -0.497 e. The van der Waals surface area contributed by atoms with E-state index >= 15 is 0 Å². The molecule has 6 heteroatoms. The first-order chi connectivity index (χ1) is 11.7. The number of hydrogen-bond donors (Lipinski definition) is 1. The Bertz CT molecular complexity index is 715. The van der Waals surface area contributed by atoms with Gasteiger partial charge in [-0.05, 0) is 36.4 Å². The van der Waals surface area contributed by atoms with Crippen molar-refractivity contribution in [3.63, 3.8) is 0 Å². The molecular formula is C18H20N2O3S. The molecular weight excluding hydrogens is 324 g/mol. The number of ether oxygens (including phenoxy) is 1. The normalized spacial score (nSPS) is 17.4. The van der Waals surface area contributed by atoms with Crippen LogP contribution in [0, 0.1) is 5.92 Å². The third kappa shape index (κ3) is 3.76. The first-order valence-electron chi connectivity index (χ1n) is 7.95. The number of thiophene rings is 1. The fourth-order valence-electron chi connectivity index (χ4n) is 2.88. The number of nitrogens with one attached hydrogen (secondary N) is 1. The lowest BCUT2D eigenvalue weighted by molar-refractivity contribution is -0.121. The first kappa shape index (κ1) is 16.5. The highest BCUT2D eigenvalue weighted by Crippen LogP contribution is 2.23. The Morgan fingerprint density at radius 1 is 1.29 bits per heavy atom. The van der Waals surface area contributed by atoms with Gasteiger partial charge in [0.1, 0.15) is 5.75 Å². The van der Waals surface area contributed by atoms with Gasteiger partial charge in [-0.15, -0.1) is 11.3 Å². The van der Waals surface area contributed by atoms with Gasteiger partial charge < -0.3 is 15.0 Å². The monoisotopic (exact) mass is 344 g/mol. The lowest BCUT2D eigenvalue weighted by atomic mass is 9.97. The number of nitrogens with zero attached hydrogens (tertiary/aromatic N) is 1. The lowest BCUT2D eigenvalue weighted by Crippen LogP contribution is -2.43. The fourth-order valence-corrected chi connectivity index (χ4v) is 3.57. The first-order valence-corrected chi connectivity index (χ1v) is 8.83. The van der Waals surface area contributed by atoms with Crippen molar-refractivity contribution in [1.82, 2.24) is 4.90 Å². The Balaban J connectivity index is 1.63. The van der Waals surface area contributed by atoms with Gasteiger partial charge in [-0.3, -0.25) is 9.59 Å². The average Bonchev–Trinajstić information content (AvgIpc) is 3.16. The molecule has 0 unspecified atom stereocenters. The van der Waals surface area contributed by atoms with E-state index in [9.17, 15) is 9.59 Å². The summed E-state index contributed by atoms with van der Waals surface area (Å²) in [5.74, 6) is 0.482. The van der Waals surface area contributed by atoms with E-state index in [1.165, 1.54) is 11.3 Å². The number of piperidine rings is 1. The van der Waals surface area contributed by atoms with E-state index in [4.69, 9.17) is 4.74 Å². The van der Waals surface area contributed by atoms with Crippen LogP contribution in [0.3, 0.4) is 0 Å². The van der Waals surface area contributed by atoms with Gasteiger partial charge in [0.2, 0.25) is 5.91 Å². The number of anilines is 1. The van der Waals surface area contributed by atoms with Gasteiger partial charge in [-0.2, -0.15) is 0 Å². The highest BCUT2D eigenvalue weighted by atomic mass is 32.1. The van der Waals surface area contributed by atoms with E-state index < -0.39 is 0 Å². The van der Waals surface area contributed by atoms with Crippen LogP contribution < -0.4 is 10.1 Å². The maximum Gasteiger partial charge on any atom is 0.263 e. The molecule has 2 amide bonds. The van der Waals surface area contributed by atoms with Gasteiger partial charge in [0.05, 0.1) is 17.9 Å². The molecule has 1 N–H and O–H groups in total. The Morgan fingerprint density at radius 3 is 2.92 bits per heavy atom. The molecule has 1 atom stereocenters. The minimum absolute atomic E-state index is 0.0175. The number of carbonyl (C=O) groups is 2. The van der Waals surface area contributed by atoms with Crippen molar-refractivity contribution >= 4 is 28.8 Å². The number of amides is 2. The predicted octanol–water partition coefficient (Wildman–Crippen LogP) is 3.25. The zero-order chi connectivity index (χ0) is 16.9. The van der Waals surface area contributed by atoms with Crippen molar-refractivity contribution < 1.29 is 14.3 Å². The Kier molecular flexibility index (Phi) is 5.15. The van der Waals surface area contributed by atoms with E-state index in [1.807, 2.05) is 35.7 Å². The number of methoxy groups -OCH3 is 1. The molecule has 24 heavy (non-hydrogen) atoms. The van der Waals surface area contributed by atoms with Crippen LogP contribution in [-0.4, -0.2) is 36.9 Å². The molecule has 1 fully saturated rings. The maximum atomic E-state index is 12.5. The predicted molar refractivity (Wildman–Crippen MR) is 94.6 cm³/mol. The molecule has 3 rings (SSSR count). The SMILES string of the molecule is COc1cccc(NC(=O)[C@H]2CCCN(C(=O)c3cccs3)C2)c1. The van der Waals surface area contributed by atoms with Gasteiger partial charge >= 0.3 is 0 Å². The highest BCUT2D eigenvalue weighted by Gasteiger charge is 2.29. The van der Waals surface area contributed by atoms with E-state index in [1.54, 1.807) is 18.1 Å². The summed E-state index contributed by atoms with van der Waals surface area (Å²) >= 11 is 1.44. The smallest absolute Gasteiger partial charge is 0.263 e.